The predicted octanol–water partition coefficient (Wildman–Crippen LogP) is 4.81. The molecule has 0 aliphatic heterocycles. The van der Waals surface area contributed by atoms with Crippen molar-refractivity contribution < 1.29 is 17.6 Å². The van der Waals surface area contributed by atoms with E-state index in [9.17, 15) is 17.6 Å². The van der Waals surface area contributed by atoms with Gasteiger partial charge in [0, 0.05) is 5.56 Å². The molecule has 21 heavy (non-hydrogen) atoms. The molecule has 1 N–H and O–H groups in total. The van der Waals surface area contributed by atoms with Gasteiger partial charge < -0.3 is 5.32 Å². The molecule has 6 heteroatoms. The molecular formula is C15H12ClF4N. The average molecular weight is 318 g/mol. The van der Waals surface area contributed by atoms with Gasteiger partial charge in [-0.3, -0.25) is 0 Å². The molecule has 0 aliphatic carbocycles. The molecule has 0 amide bonds. The predicted molar refractivity (Wildman–Crippen MR) is 73.8 cm³/mol. The summed E-state index contributed by atoms with van der Waals surface area (Å²) in [6.45, 7) is 0. The Bertz CT molecular complexity index is 623. The third-order valence-electron chi connectivity index (χ3n) is 3.15. The Kier molecular flexibility index (Phi) is 4.54. The maximum Gasteiger partial charge on any atom is 0.416 e. The van der Waals surface area contributed by atoms with Gasteiger partial charge in [-0.05, 0) is 30.8 Å². The van der Waals surface area contributed by atoms with Crippen molar-refractivity contribution in [1.82, 2.24) is 5.32 Å². The van der Waals surface area contributed by atoms with Gasteiger partial charge in [0.2, 0.25) is 0 Å². The maximum atomic E-state index is 14.0. The molecule has 0 fully saturated rings. The fourth-order valence-electron chi connectivity index (χ4n) is 2.11. The van der Waals surface area contributed by atoms with Gasteiger partial charge in [-0.2, -0.15) is 13.2 Å². The fourth-order valence-corrected chi connectivity index (χ4v) is 2.29. The Balaban J connectivity index is 2.40. The number of hydrogen-bond acceptors (Lipinski definition) is 1. The van der Waals surface area contributed by atoms with E-state index in [2.05, 4.69) is 5.32 Å². The number of alkyl halides is 3. The van der Waals surface area contributed by atoms with Crippen LogP contribution in [0.1, 0.15) is 22.7 Å². The molecule has 0 radical (unpaired) electrons. The number of rotatable bonds is 3. The van der Waals surface area contributed by atoms with E-state index in [1.807, 2.05) is 0 Å². The van der Waals surface area contributed by atoms with Crippen LogP contribution in [-0.2, 0) is 6.18 Å². The van der Waals surface area contributed by atoms with E-state index in [4.69, 9.17) is 11.6 Å². The molecule has 0 aliphatic rings. The summed E-state index contributed by atoms with van der Waals surface area (Å²) < 4.78 is 51.7. The standard InChI is InChI=1S/C15H12ClF4N/c1-21-14(11-3-2-4-12(16)13(11)17)9-5-7-10(8-6-9)15(18,19)20/h2-8,14,21H,1H3. The summed E-state index contributed by atoms with van der Waals surface area (Å²) in [6.07, 6.45) is -4.39. The van der Waals surface area contributed by atoms with E-state index >= 15 is 0 Å². The molecule has 0 spiro atoms. The lowest BCUT2D eigenvalue weighted by Crippen LogP contribution is -2.19. The lowest BCUT2D eigenvalue weighted by atomic mass is 9.97. The lowest BCUT2D eigenvalue weighted by Gasteiger charge is -2.19. The maximum absolute atomic E-state index is 14.0. The minimum atomic E-state index is -4.39. The van der Waals surface area contributed by atoms with Crippen molar-refractivity contribution in [2.24, 2.45) is 0 Å². The molecule has 2 aromatic rings. The molecule has 1 nitrogen and oxygen atoms in total. The van der Waals surface area contributed by atoms with Gasteiger partial charge in [0.05, 0.1) is 16.6 Å². The van der Waals surface area contributed by atoms with Crippen LogP contribution in [0.25, 0.3) is 0 Å². The highest BCUT2D eigenvalue weighted by atomic mass is 35.5. The van der Waals surface area contributed by atoms with Crippen LogP contribution in [-0.4, -0.2) is 7.05 Å². The number of halogens is 5. The molecule has 112 valence electrons. The van der Waals surface area contributed by atoms with E-state index in [1.54, 1.807) is 19.2 Å². The Morgan fingerprint density at radius 3 is 2.19 bits per heavy atom. The Hall–Kier alpha value is -1.59. The molecule has 1 atom stereocenters. The second-order valence-electron chi connectivity index (χ2n) is 4.48. The topological polar surface area (TPSA) is 12.0 Å². The van der Waals surface area contributed by atoms with Gasteiger partial charge >= 0.3 is 6.18 Å². The lowest BCUT2D eigenvalue weighted by molar-refractivity contribution is -0.137. The van der Waals surface area contributed by atoms with Crippen molar-refractivity contribution in [2.45, 2.75) is 12.2 Å². The van der Waals surface area contributed by atoms with Crippen LogP contribution in [0.15, 0.2) is 42.5 Å². The highest BCUT2D eigenvalue weighted by molar-refractivity contribution is 6.30. The summed E-state index contributed by atoms with van der Waals surface area (Å²) in [5.74, 6) is -0.585. The normalized spacial score (nSPS) is 13.2. The van der Waals surface area contributed by atoms with Crippen LogP contribution >= 0.6 is 11.6 Å². The molecule has 0 bridgehead atoms. The Labute approximate surface area is 124 Å². The van der Waals surface area contributed by atoms with Crippen LogP contribution in [0.2, 0.25) is 5.02 Å². The van der Waals surface area contributed by atoms with Crippen molar-refractivity contribution in [1.29, 1.82) is 0 Å². The first-order chi connectivity index (χ1) is 9.84. The van der Waals surface area contributed by atoms with E-state index in [0.29, 0.717) is 5.56 Å². The molecule has 0 heterocycles. The number of hydrogen-bond donors (Lipinski definition) is 1. The second kappa shape index (κ2) is 6.03. The van der Waals surface area contributed by atoms with Crippen LogP contribution < -0.4 is 5.32 Å². The minimum Gasteiger partial charge on any atom is -0.309 e. The molecule has 0 saturated carbocycles. The van der Waals surface area contributed by atoms with Crippen molar-refractivity contribution in [3.8, 4) is 0 Å². The summed E-state index contributed by atoms with van der Waals surface area (Å²) in [5, 5.41) is 2.85. The molecular weight excluding hydrogens is 306 g/mol. The zero-order valence-electron chi connectivity index (χ0n) is 11.0. The van der Waals surface area contributed by atoms with Crippen LogP contribution in [0.4, 0.5) is 17.6 Å². The highest BCUT2D eigenvalue weighted by Gasteiger charge is 2.30. The van der Waals surface area contributed by atoms with Crippen LogP contribution in [0, 0.1) is 5.82 Å². The van der Waals surface area contributed by atoms with Crippen molar-refractivity contribution in [3.63, 3.8) is 0 Å². The summed E-state index contributed by atoms with van der Waals surface area (Å²) >= 11 is 5.74. The van der Waals surface area contributed by atoms with Crippen LogP contribution in [0.5, 0.6) is 0 Å². The van der Waals surface area contributed by atoms with E-state index < -0.39 is 23.6 Å². The Morgan fingerprint density at radius 2 is 1.67 bits per heavy atom. The van der Waals surface area contributed by atoms with Gasteiger partial charge in [-0.15, -0.1) is 0 Å². The Morgan fingerprint density at radius 1 is 1.05 bits per heavy atom. The SMILES string of the molecule is CNC(c1ccc(C(F)(F)F)cc1)c1cccc(Cl)c1F. The summed E-state index contributed by atoms with van der Waals surface area (Å²) in [4.78, 5) is 0. The number of benzene rings is 2. The summed E-state index contributed by atoms with van der Waals surface area (Å²) in [7, 11) is 1.60. The highest BCUT2D eigenvalue weighted by Crippen LogP contribution is 2.32. The third kappa shape index (κ3) is 3.36. The van der Waals surface area contributed by atoms with Crippen molar-refractivity contribution in [3.05, 3.63) is 70.0 Å². The van der Waals surface area contributed by atoms with Crippen molar-refractivity contribution in [2.75, 3.05) is 7.05 Å². The van der Waals surface area contributed by atoms with Gasteiger partial charge in [-0.1, -0.05) is 35.9 Å². The van der Waals surface area contributed by atoms with Gasteiger partial charge in [-0.25, -0.2) is 4.39 Å². The summed E-state index contributed by atoms with van der Waals surface area (Å²) in [5.41, 5.74) is 0.0593. The van der Waals surface area contributed by atoms with Gasteiger partial charge in [0.15, 0.2) is 0 Å². The van der Waals surface area contributed by atoms with Crippen LogP contribution in [0.3, 0.4) is 0 Å². The quantitative estimate of drug-likeness (QED) is 0.801. The van der Waals surface area contributed by atoms with E-state index in [1.165, 1.54) is 18.2 Å². The first-order valence-electron chi connectivity index (χ1n) is 6.13. The zero-order chi connectivity index (χ0) is 15.6. The van der Waals surface area contributed by atoms with Gasteiger partial charge in [0.1, 0.15) is 5.82 Å². The average Bonchev–Trinajstić information content (AvgIpc) is 2.44. The van der Waals surface area contributed by atoms with Crippen molar-refractivity contribution >= 4 is 11.6 Å². The third-order valence-corrected chi connectivity index (χ3v) is 3.44. The smallest absolute Gasteiger partial charge is 0.309 e. The van der Waals surface area contributed by atoms with E-state index in [-0.39, 0.29) is 10.6 Å². The van der Waals surface area contributed by atoms with Gasteiger partial charge in [0.25, 0.3) is 0 Å². The molecule has 0 saturated heterocycles. The largest absolute Gasteiger partial charge is 0.416 e. The molecule has 0 aromatic heterocycles. The first kappa shape index (κ1) is 15.8. The molecule has 2 rings (SSSR count). The summed E-state index contributed by atoms with van der Waals surface area (Å²) in [6, 6.07) is 8.57. The first-order valence-corrected chi connectivity index (χ1v) is 6.50. The zero-order valence-corrected chi connectivity index (χ0v) is 11.8. The molecule has 1 unspecified atom stereocenters. The fraction of sp³-hybridized carbons (Fsp3) is 0.200. The second-order valence-corrected chi connectivity index (χ2v) is 4.89. The monoisotopic (exact) mass is 317 g/mol. The number of nitrogens with one attached hydrogen (secondary N) is 1. The molecule has 2 aromatic carbocycles. The minimum absolute atomic E-state index is 0.0281. The van der Waals surface area contributed by atoms with E-state index in [0.717, 1.165) is 12.1 Å².